The van der Waals surface area contributed by atoms with Crippen molar-refractivity contribution in [3.63, 3.8) is 0 Å². The van der Waals surface area contributed by atoms with Crippen LogP contribution in [0.25, 0.3) is 21.6 Å². The first-order valence-electron chi connectivity index (χ1n) is 10.3. The van der Waals surface area contributed by atoms with Crippen molar-refractivity contribution in [1.82, 2.24) is 9.88 Å². The number of pyridine rings is 1. The molecule has 1 N–H and O–H groups in total. The molecular weight excluding hydrogens is 455 g/mol. The average Bonchev–Trinajstić information content (AvgIpc) is 3.29. The molecule has 3 aromatic rings. The summed E-state index contributed by atoms with van der Waals surface area (Å²) in [6, 6.07) is 9.02. The van der Waals surface area contributed by atoms with Gasteiger partial charge in [0.05, 0.1) is 17.7 Å². The molecule has 0 saturated carbocycles. The number of aliphatic hydroxyl groups is 1. The first-order valence-corrected chi connectivity index (χ1v) is 11.5. The molecule has 1 aromatic carbocycles. The smallest absolute Gasteiger partial charge is 0.257 e. The second-order valence-corrected chi connectivity index (χ2v) is 9.03. The molecule has 1 saturated heterocycles. The Balaban J connectivity index is 1.39. The number of likely N-dealkylation sites (tertiary alicyclic amines) is 1. The summed E-state index contributed by atoms with van der Waals surface area (Å²) in [7, 11) is 0. The van der Waals surface area contributed by atoms with Crippen LogP contribution in [0, 0.1) is 0 Å². The Morgan fingerprint density at radius 3 is 2.88 bits per heavy atom. The highest BCUT2D eigenvalue weighted by Crippen LogP contribution is 2.42. The van der Waals surface area contributed by atoms with Crippen LogP contribution in [0.3, 0.4) is 0 Å². The van der Waals surface area contributed by atoms with Crippen LogP contribution in [0.4, 0.5) is 4.39 Å². The number of rotatable bonds is 3. The molecule has 32 heavy (non-hydrogen) atoms. The molecule has 1 amide bonds. The van der Waals surface area contributed by atoms with E-state index in [2.05, 4.69) is 4.98 Å². The van der Waals surface area contributed by atoms with E-state index >= 15 is 0 Å². The number of amides is 1. The maximum absolute atomic E-state index is 13.8. The van der Waals surface area contributed by atoms with Gasteiger partial charge in [0.1, 0.15) is 19.4 Å². The molecule has 6 nitrogen and oxygen atoms in total. The minimum Gasteiger partial charge on any atom is -0.484 e. The molecule has 2 atom stereocenters. The van der Waals surface area contributed by atoms with E-state index in [1.165, 1.54) is 16.2 Å². The lowest BCUT2D eigenvalue weighted by Crippen LogP contribution is -2.47. The van der Waals surface area contributed by atoms with Crippen LogP contribution in [0.1, 0.15) is 16.8 Å². The number of carbonyl (C=O) groups excluding carboxylic acids is 1. The number of carbonyl (C=O) groups is 1. The zero-order valence-corrected chi connectivity index (χ0v) is 18.5. The number of nitrogens with zero attached hydrogens (tertiary/aromatic N) is 2. The van der Waals surface area contributed by atoms with Crippen LogP contribution in [-0.4, -0.2) is 59.5 Å². The third kappa shape index (κ3) is 3.94. The van der Waals surface area contributed by atoms with Gasteiger partial charge in [0.2, 0.25) is 0 Å². The summed E-state index contributed by atoms with van der Waals surface area (Å²) in [6.07, 6.45) is -0.527. The number of thiophene rings is 1. The van der Waals surface area contributed by atoms with Gasteiger partial charge >= 0.3 is 0 Å². The monoisotopic (exact) mass is 474 g/mol. The third-order valence-corrected chi connectivity index (χ3v) is 6.90. The Morgan fingerprint density at radius 1 is 1.22 bits per heavy atom. The van der Waals surface area contributed by atoms with E-state index in [-0.39, 0.29) is 18.9 Å². The van der Waals surface area contributed by atoms with E-state index in [0.29, 0.717) is 42.0 Å². The Morgan fingerprint density at radius 2 is 2.06 bits per heavy atom. The zero-order chi connectivity index (χ0) is 22.2. The lowest BCUT2D eigenvalue weighted by Gasteiger charge is -2.32. The molecule has 0 spiro atoms. The molecule has 0 aliphatic carbocycles. The fraction of sp³-hybridized carbons (Fsp3) is 0.304. The van der Waals surface area contributed by atoms with Crippen LogP contribution >= 0.6 is 22.9 Å². The summed E-state index contributed by atoms with van der Waals surface area (Å²) in [5.74, 6) is 0.830. The SMILES string of the molecule is O=C(c1ccc(-c2cc(-c3ccnc4c3OCCO4)cs2)c(Cl)c1)N1CC[C@@H](O)[C@H](F)C1. The Kier molecular flexibility index (Phi) is 5.75. The standard InChI is InChI=1S/C23H20ClFN2O4S/c24-17-9-13(23(29)27-6-4-19(28)18(25)11-27)1-2-16(17)20-10-14(12-32-20)15-3-5-26-22-21(15)30-7-8-31-22/h1-3,5,9-10,12,18-19,28H,4,6-8,11H2/t18-,19-/m1/s1. The largest absolute Gasteiger partial charge is 0.484 e. The first-order chi connectivity index (χ1) is 15.5. The number of aliphatic hydroxyl groups excluding tert-OH is 1. The van der Waals surface area contributed by atoms with E-state index in [0.717, 1.165) is 21.6 Å². The number of hydrogen-bond donors (Lipinski definition) is 1. The maximum atomic E-state index is 13.8. The fourth-order valence-corrected chi connectivity index (χ4v) is 5.19. The second-order valence-electron chi connectivity index (χ2n) is 7.71. The van der Waals surface area contributed by atoms with Crippen molar-refractivity contribution in [2.24, 2.45) is 0 Å². The van der Waals surface area contributed by atoms with E-state index in [1.807, 2.05) is 17.5 Å². The molecule has 2 aliphatic heterocycles. The molecule has 5 rings (SSSR count). The molecule has 1 fully saturated rings. The van der Waals surface area contributed by atoms with Gasteiger partial charge in [0.25, 0.3) is 11.8 Å². The Bertz CT molecular complexity index is 1170. The number of hydrogen-bond acceptors (Lipinski definition) is 6. The van der Waals surface area contributed by atoms with Crippen molar-refractivity contribution >= 4 is 28.8 Å². The molecule has 4 heterocycles. The summed E-state index contributed by atoms with van der Waals surface area (Å²) < 4.78 is 25.2. The van der Waals surface area contributed by atoms with Crippen LogP contribution in [-0.2, 0) is 0 Å². The summed E-state index contributed by atoms with van der Waals surface area (Å²) in [6.45, 7) is 1.15. The van der Waals surface area contributed by atoms with Gasteiger partial charge in [-0.15, -0.1) is 11.3 Å². The minimum absolute atomic E-state index is 0.115. The second kappa shape index (κ2) is 8.69. The van der Waals surface area contributed by atoms with Crippen molar-refractivity contribution in [3.05, 3.63) is 52.5 Å². The summed E-state index contributed by atoms with van der Waals surface area (Å²) >= 11 is 8.07. The molecule has 166 valence electrons. The van der Waals surface area contributed by atoms with Gasteiger partial charge in [-0.2, -0.15) is 0 Å². The highest BCUT2D eigenvalue weighted by Gasteiger charge is 2.30. The first kappa shape index (κ1) is 21.2. The summed E-state index contributed by atoms with van der Waals surface area (Å²) in [5.41, 5.74) is 3.06. The molecule has 0 radical (unpaired) electrons. The number of fused-ring (bicyclic) bond motifs is 1. The van der Waals surface area contributed by atoms with Gasteiger partial charge in [0, 0.05) is 34.3 Å². The quantitative estimate of drug-likeness (QED) is 0.607. The molecule has 2 aromatic heterocycles. The predicted molar refractivity (Wildman–Crippen MR) is 120 cm³/mol. The highest BCUT2D eigenvalue weighted by molar-refractivity contribution is 7.14. The zero-order valence-electron chi connectivity index (χ0n) is 17.0. The van der Waals surface area contributed by atoms with E-state index in [1.54, 1.807) is 24.4 Å². The van der Waals surface area contributed by atoms with Crippen molar-refractivity contribution < 1.29 is 23.8 Å². The van der Waals surface area contributed by atoms with Gasteiger partial charge < -0.3 is 19.5 Å². The number of ether oxygens (including phenoxy) is 2. The maximum Gasteiger partial charge on any atom is 0.257 e. The van der Waals surface area contributed by atoms with Gasteiger partial charge in [0.15, 0.2) is 5.75 Å². The molecule has 2 aliphatic rings. The lowest BCUT2D eigenvalue weighted by molar-refractivity contribution is 0.00826. The van der Waals surface area contributed by atoms with Crippen LogP contribution < -0.4 is 9.47 Å². The lowest BCUT2D eigenvalue weighted by atomic mass is 10.0. The normalized spacial score (nSPS) is 20.3. The van der Waals surface area contributed by atoms with Crippen molar-refractivity contribution in [2.75, 3.05) is 26.3 Å². The molecule has 0 bridgehead atoms. The summed E-state index contributed by atoms with van der Waals surface area (Å²) in [4.78, 5) is 19.3. The topological polar surface area (TPSA) is 71.9 Å². The van der Waals surface area contributed by atoms with Crippen molar-refractivity contribution in [1.29, 1.82) is 0 Å². The van der Waals surface area contributed by atoms with Gasteiger partial charge in [-0.1, -0.05) is 17.7 Å². The van der Waals surface area contributed by atoms with Crippen LogP contribution in [0.15, 0.2) is 41.9 Å². The third-order valence-electron chi connectivity index (χ3n) is 5.63. The Labute approximate surface area is 193 Å². The van der Waals surface area contributed by atoms with Gasteiger partial charge in [-0.3, -0.25) is 4.79 Å². The van der Waals surface area contributed by atoms with Crippen LogP contribution in [0.5, 0.6) is 11.6 Å². The fourth-order valence-electron chi connectivity index (χ4n) is 3.91. The minimum atomic E-state index is -1.43. The number of benzene rings is 1. The highest BCUT2D eigenvalue weighted by atomic mass is 35.5. The van der Waals surface area contributed by atoms with E-state index < -0.39 is 12.3 Å². The van der Waals surface area contributed by atoms with Crippen LogP contribution in [0.2, 0.25) is 5.02 Å². The van der Waals surface area contributed by atoms with Crippen molar-refractivity contribution in [2.45, 2.75) is 18.7 Å². The van der Waals surface area contributed by atoms with E-state index in [9.17, 15) is 14.3 Å². The molecule has 9 heteroatoms. The van der Waals surface area contributed by atoms with Gasteiger partial charge in [-0.05, 0) is 41.6 Å². The average molecular weight is 475 g/mol. The number of halogens is 2. The van der Waals surface area contributed by atoms with Gasteiger partial charge in [-0.25, -0.2) is 9.37 Å². The Hall–Kier alpha value is -2.68. The molecule has 0 unspecified atom stereocenters. The van der Waals surface area contributed by atoms with Crippen molar-refractivity contribution in [3.8, 4) is 33.2 Å². The predicted octanol–water partition coefficient (Wildman–Crippen LogP) is 4.45. The van der Waals surface area contributed by atoms with E-state index in [4.69, 9.17) is 21.1 Å². The summed E-state index contributed by atoms with van der Waals surface area (Å²) in [5, 5.41) is 12.0. The molecular formula is C23H20ClFN2O4S. The number of alkyl halides is 1. The number of piperidine rings is 1. The number of aromatic nitrogens is 1.